The molecular formula is C18H19BFN5. The first-order valence-electron chi connectivity index (χ1n) is 8.08. The van der Waals surface area contributed by atoms with E-state index in [0.29, 0.717) is 39.4 Å². The number of aromatic nitrogens is 2. The number of nitrogens with two attached hydrogens (primary N) is 2. The third-order valence-electron chi connectivity index (χ3n) is 3.89. The number of fused-ring (bicyclic) bond motifs is 1. The zero-order valence-electron chi connectivity index (χ0n) is 14.0. The fourth-order valence-corrected chi connectivity index (χ4v) is 2.57. The highest BCUT2D eigenvalue weighted by Crippen LogP contribution is 2.22. The molecule has 0 atom stereocenters. The van der Waals surface area contributed by atoms with Gasteiger partial charge in [0.25, 0.3) is 0 Å². The van der Waals surface area contributed by atoms with Crippen molar-refractivity contribution in [2.24, 2.45) is 5.73 Å². The van der Waals surface area contributed by atoms with Crippen LogP contribution in [0.1, 0.15) is 11.3 Å². The molecule has 1 aromatic carbocycles. The van der Waals surface area contributed by atoms with E-state index in [-0.39, 0.29) is 12.4 Å². The molecule has 0 amide bonds. The van der Waals surface area contributed by atoms with Gasteiger partial charge in [-0.05, 0) is 30.3 Å². The van der Waals surface area contributed by atoms with Gasteiger partial charge in [-0.3, -0.25) is 4.98 Å². The van der Waals surface area contributed by atoms with Gasteiger partial charge in [0.2, 0.25) is 0 Å². The number of hydrogen-bond donors (Lipinski definition) is 3. The first-order valence-corrected chi connectivity index (χ1v) is 8.08. The van der Waals surface area contributed by atoms with Crippen molar-refractivity contribution in [3.05, 3.63) is 65.6 Å². The van der Waals surface area contributed by atoms with Crippen molar-refractivity contribution in [3.63, 3.8) is 0 Å². The maximum atomic E-state index is 14.6. The number of benzene rings is 1. The maximum Gasteiger partial charge on any atom is 0.150 e. The van der Waals surface area contributed by atoms with Gasteiger partial charge in [-0.25, -0.2) is 9.37 Å². The van der Waals surface area contributed by atoms with Crippen molar-refractivity contribution in [2.45, 2.75) is 13.4 Å². The summed E-state index contributed by atoms with van der Waals surface area (Å²) in [7, 11) is 0.816. The molecule has 2 aromatic heterocycles. The summed E-state index contributed by atoms with van der Waals surface area (Å²) in [4.78, 5) is 8.58. The third kappa shape index (κ3) is 3.55. The molecule has 0 unspecified atom stereocenters. The highest BCUT2D eigenvalue weighted by atomic mass is 19.1. The van der Waals surface area contributed by atoms with E-state index in [2.05, 4.69) is 15.3 Å². The van der Waals surface area contributed by atoms with Gasteiger partial charge < -0.3 is 16.8 Å². The first-order chi connectivity index (χ1) is 12.1. The quantitative estimate of drug-likeness (QED) is 0.624. The molecule has 3 rings (SSSR count). The number of anilines is 2. The molecule has 0 spiro atoms. The summed E-state index contributed by atoms with van der Waals surface area (Å²) in [5.74, 6) is 2.08. The van der Waals surface area contributed by atoms with E-state index in [1.165, 1.54) is 0 Å². The van der Waals surface area contributed by atoms with E-state index in [1.807, 2.05) is 12.8 Å². The average Bonchev–Trinajstić information content (AvgIpc) is 2.63. The summed E-state index contributed by atoms with van der Waals surface area (Å²) in [5, 5.41) is 3.59. The van der Waals surface area contributed by atoms with Gasteiger partial charge in [-0.15, -0.1) is 0 Å². The minimum atomic E-state index is -0.293. The maximum absolute atomic E-state index is 14.6. The van der Waals surface area contributed by atoms with Gasteiger partial charge >= 0.3 is 0 Å². The number of nitrogens with zero attached hydrogens (tertiary/aromatic N) is 2. The van der Waals surface area contributed by atoms with E-state index in [9.17, 15) is 4.39 Å². The van der Waals surface area contributed by atoms with Gasteiger partial charge in [0.05, 0.1) is 16.9 Å². The summed E-state index contributed by atoms with van der Waals surface area (Å²) in [5.41, 5.74) is 14.8. The average molecular weight is 335 g/mol. The fourth-order valence-electron chi connectivity index (χ4n) is 2.57. The predicted molar refractivity (Wildman–Crippen MR) is 103 cm³/mol. The Kier molecular flexibility index (Phi) is 4.84. The van der Waals surface area contributed by atoms with Crippen molar-refractivity contribution in [3.8, 4) is 0 Å². The second kappa shape index (κ2) is 7.21. The van der Waals surface area contributed by atoms with Crippen LogP contribution >= 0.6 is 0 Å². The molecule has 0 saturated heterocycles. The van der Waals surface area contributed by atoms with Crippen LogP contribution < -0.4 is 16.8 Å². The van der Waals surface area contributed by atoms with E-state index < -0.39 is 0 Å². The minimum Gasteiger partial charge on any atom is -0.398 e. The molecule has 0 bridgehead atoms. The summed E-state index contributed by atoms with van der Waals surface area (Å²) < 4.78 is 14.6. The van der Waals surface area contributed by atoms with E-state index in [4.69, 9.17) is 11.5 Å². The van der Waals surface area contributed by atoms with Crippen LogP contribution in [0.5, 0.6) is 0 Å². The molecule has 7 heteroatoms. The minimum absolute atomic E-state index is 0.259. The molecular weight excluding hydrogens is 316 g/mol. The van der Waals surface area contributed by atoms with Crippen molar-refractivity contribution >= 4 is 35.4 Å². The topological polar surface area (TPSA) is 89.8 Å². The van der Waals surface area contributed by atoms with Crippen LogP contribution in [-0.2, 0) is 6.54 Å². The predicted octanol–water partition coefficient (Wildman–Crippen LogP) is 2.70. The SMILES string of the molecule is CB/C=C(\N)c1ccc(N)c(NCc2ccc3ncccc3c2F)n1. The highest BCUT2D eigenvalue weighted by Gasteiger charge is 2.10. The van der Waals surface area contributed by atoms with Gasteiger partial charge in [0.1, 0.15) is 18.9 Å². The standard InChI is InChI=1S/C18H19BFN5/c1-19-9-14(22)16-7-5-13(21)18(25-16)24-10-11-4-6-15-12(17(11)20)3-2-8-23-15/h2-9,19H,10,21-22H2,1H3,(H,24,25)/b14-9-. The van der Waals surface area contributed by atoms with Crippen LogP contribution in [0.4, 0.5) is 15.9 Å². The van der Waals surface area contributed by atoms with Crippen LogP contribution in [0.2, 0.25) is 6.82 Å². The Morgan fingerprint density at radius 3 is 2.92 bits per heavy atom. The zero-order valence-corrected chi connectivity index (χ0v) is 14.0. The summed E-state index contributed by atoms with van der Waals surface area (Å²) >= 11 is 0. The van der Waals surface area contributed by atoms with Crippen LogP contribution in [0.15, 0.2) is 48.6 Å². The zero-order chi connectivity index (χ0) is 17.8. The van der Waals surface area contributed by atoms with Crippen LogP contribution in [0.25, 0.3) is 16.6 Å². The van der Waals surface area contributed by atoms with E-state index in [1.54, 1.807) is 42.6 Å². The van der Waals surface area contributed by atoms with Gasteiger partial charge in [0, 0.05) is 29.4 Å². The third-order valence-corrected chi connectivity index (χ3v) is 3.89. The second-order valence-electron chi connectivity index (χ2n) is 5.66. The molecule has 25 heavy (non-hydrogen) atoms. The largest absolute Gasteiger partial charge is 0.398 e. The molecule has 0 fully saturated rings. The Hall–Kier alpha value is -3.09. The lowest BCUT2D eigenvalue weighted by molar-refractivity contribution is 0.624. The molecule has 5 N–H and O–H groups in total. The molecule has 0 radical (unpaired) electrons. The normalized spacial score (nSPS) is 11.5. The van der Waals surface area contributed by atoms with Crippen molar-refractivity contribution < 1.29 is 4.39 Å². The van der Waals surface area contributed by atoms with Crippen LogP contribution in [0.3, 0.4) is 0 Å². The smallest absolute Gasteiger partial charge is 0.150 e. The number of pyridine rings is 2. The Balaban J connectivity index is 1.85. The Labute approximate surface area is 146 Å². The van der Waals surface area contributed by atoms with Gasteiger partial charge in [-0.1, -0.05) is 18.9 Å². The molecule has 3 aromatic rings. The summed E-state index contributed by atoms with van der Waals surface area (Å²) in [6.07, 6.45) is 1.64. The van der Waals surface area contributed by atoms with E-state index >= 15 is 0 Å². The molecule has 0 aliphatic carbocycles. The van der Waals surface area contributed by atoms with Crippen molar-refractivity contribution in [1.82, 2.24) is 9.97 Å². The van der Waals surface area contributed by atoms with Crippen molar-refractivity contribution in [2.75, 3.05) is 11.1 Å². The lowest BCUT2D eigenvalue weighted by atomic mass is 9.81. The lowest BCUT2D eigenvalue weighted by Gasteiger charge is -2.12. The molecule has 2 heterocycles. The fraction of sp³-hybridized carbons (Fsp3) is 0.111. The summed E-state index contributed by atoms with van der Waals surface area (Å²) in [6.45, 7) is 2.26. The Morgan fingerprint density at radius 2 is 2.12 bits per heavy atom. The molecule has 0 aliphatic heterocycles. The molecule has 0 aliphatic rings. The van der Waals surface area contributed by atoms with Crippen LogP contribution in [-0.4, -0.2) is 17.2 Å². The number of halogens is 1. The number of hydrogen-bond acceptors (Lipinski definition) is 5. The summed E-state index contributed by atoms with van der Waals surface area (Å²) in [6, 6.07) is 10.4. The van der Waals surface area contributed by atoms with Crippen LogP contribution in [0, 0.1) is 5.82 Å². The monoisotopic (exact) mass is 335 g/mol. The van der Waals surface area contributed by atoms with Crippen molar-refractivity contribution in [1.29, 1.82) is 0 Å². The van der Waals surface area contributed by atoms with Gasteiger partial charge in [-0.2, -0.15) is 0 Å². The first kappa shape index (κ1) is 16.8. The van der Waals surface area contributed by atoms with E-state index in [0.717, 1.165) is 7.28 Å². The molecule has 5 nitrogen and oxygen atoms in total. The molecule has 0 saturated carbocycles. The Morgan fingerprint density at radius 1 is 1.28 bits per heavy atom. The number of rotatable bonds is 5. The number of nitrogens with one attached hydrogen (secondary N) is 1. The molecule has 126 valence electrons. The lowest BCUT2D eigenvalue weighted by Crippen LogP contribution is -2.09. The second-order valence-corrected chi connectivity index (χ2v) is 5.66. The van der Waals surface area contributed by atoms with Gasteiger partial charge in [0.15, 0.2) is 0 Å². The highest BCUT2D eigenvalue weighted by molar-refractivity contribution is 6.41. The Bertz CT molecular complexity index is 942. The number of nitrogen functional groups attached to an aromatic ring is 1.